The van der Waals surface area contributed by atoms with E-state index in [1.165, 1.54) is 4.90 Å². The number of alkyl halides is 3. The number of carboxylic acids is 1. The van der Waals surface area contributed by atoms with E-state index in [-0.39, 0.29) is 6.54 Å². The molecule has 5 nitrogen and oxygen atoms in total. The summed E-state index contributed by atoms with van der Waals surface area (Å²) in [5, 5.41) is 8.98. The van der Waals surface area contributed by atoms with Crippen molar-refractivity contribution in [2.45, 2.75) is 19.0 Å². The monoisotopic (exact) mass is 326 g/mol. The zero-order valence-electron chi connectivity index (χ0n) is 11.4. The van der Waals surface area contributed by atoms with Crippen LogP contribution in [0, 0.1) is 5.41 Å². The van der Waals surface area contributed by atoms with E-state index in [2.05, 4.69) is 0 Å². The Hall–Kier alpha value is -1.12. The van der Waals surface area contributed by atoms with Crippen LogP contribution in [-0.4, -0.2) is 70.8 Å². The lowest BCUT2D eigenvalue weighted by atomic mass is 9.86. The molecule has 2 fully saturated rings. The first-order valence-electron chi connectivity index (χ1n) is 6.70. The van der Waals surface area contributed by atoms with Crippen LogP contribution in [0.3, 0.4) is 0 Å². The number of hydrogen-bond donors (Lipinski definition) is 1. The molecule has 0 aliphatic carbocycles. The van der Waals surface area contributed by atoms with Crippen molar-refractivity contribution < 1.29 is 27.9 Å². The lowest BCUT2D eigenvalue weighted by Crippen LogP contribution is -2.49. The van der Waals surface area contributed by atoms with Gasteiger partial charge >= 0.3 is 18.2 Å². The second kappa shape index (κ2) is 5.94. The molecule has 0 spiro atoms. The second-order valence-corrected chi connectivity index (χ2v) is 6.52. The van der Waals surface area contributed by atoms with E-state index in [0.29, 0.717) is 13.1 Å². The molecule has 2 heterocycles. The van der Waals surface area contributed by atoms with E-state index in [1.54, 1.807) is 11.8 Å². The van der Waals surface area contributed by atoms with Gasteiger partial charge in [-0.25, -0.2) is 4.79 Å². The molecule has 2 amide bonds. The molecule has 1 atom stereocenters. The van der Waals surface area contributed by atoms with Crippen LogP contribution >= 0.6 is 11.8 Å². The van der Waals surface area contributed by atoms with Crippen molar-refractivity contribution in [3.8, 4) is 0 Å². The summed E-state index contributed by atoms with van der Waals surface area (Å²) in [6, 6.07) is -0.482. The van der Waals surface area contributed by atoms with Crippen LogP contribution in [0.5, 0.6) is 0 Å². The highest BCUT2D eigenvalue weighted by Gasteiger charge is 2.64. The molecule has 2 saturated heterocycles. The van der Waals surface area contributed by atoms with Gasteiger partial charge in [-0.2, -0.15) is 24.9 Å². The maximum atomic E-state index is 13.1. The molecule has 0 bridgehead atoms. The number of carboxylic acid groups (broad SMARTS) is 1. The predicted octanol–water partition coefficient (Wildman–Crippen LogP) is 1.88. The summed E-state index contributed by atoms with van der Waals surface area (Å²) in [5.74, 6) is -0.231. The minimum absolute atomic E-state index is 0.172. The van der Waals surface area contributed by atoms with Crippen molar-refractivity contribution in [2.24, 2.45) is 5.41 Å². The fourth-order valence-corrected chi connectivity index (χ4v) is 3.52. The number of amides is 2. The highest BCUT2D eigenvalue weighted by Crippen LogP contribution is 2.45. The topological polar surface area (TPSA) is 60.9 Å². The van der Waals surface area contributed by atoms with Crippen LogP contribution in [0.15, 0.2) is 0 Å². The third-order valence-corrected chi connectivity index (χ3v) is 5.03. The summed E-state index contributed by atoms with van der Waals surface area (Å²) in [6.45, 7) is 0.0309. The SMILES string of the molecule is O=C(N1CCCSCC1)N1CCC(C(=O)O)(C(F)(F)F)C1. The average Bonchev–Trinajstić information content (AvgIpc) is 2.69. The normalized spacial score (nSPS) is 27.6. The van der Waals surface area contributed by atoms with E-state index in [9.17, 15) is 22.8 Å². The number of nitrogens with zero attached hydrogens (tertiary/aromatic N) is 2. The molecule has 1 unspecified atom stereocenters. The number of likely N-dealkylation sites (tertiary alicyclic amines) is 1. The van der Waals surface area contributed by atoms with Gasteiger partial charge in [0.25, 0.3) is 0 Å². The van der Waals surface area contributed by atoms with Crippen LogP contribution < -0.4 is 0 Å². The molecular weight excluding hydrogens is 309 g/mol. The lowest BCUT2D eigenvalue weighted by Gasteiger charge is -2.29. The van der Waals surface area contributed by atoms with Gasteiger partial charge in [-0.05, 0) is 18.6 Å². The molecule has 120 valence electrons. The molecule has 2 aliphatic rings. The second-order valence-electron chi connectivity index (χ2n) is 5.29. The van der Waals surface area contributed by atoms with Gasteiger partial charge in [0.15, 0.2) is 5.41 Å². The summed E-state index contributed by atoms with van der Waals surface area (Å²) in [6.07, 6.45) is -4.64. The fraction of sp³-hybridized carbons (Fsp3) is 0.833. The Balaban J connectivity index is 2.10. The van der Waals surface area contributed by atoms with E-state index in [4.69, 9.17) is 5.11 Å². The molecule has 21 heavy (non-hydrogen) atoms. The summed E-state index contributed by atoms with van der Waals surface area (Å²) in [4.78, 5) is 25.9. The summed E-state index contributed by atoms with van der Waals surface area (Å²) in [5.41, 5.74) is -2.83. The van der Waals surface area contributed by atoms with Crippen LogP contribution in [0.25, 0.3) is 0 Å². The number of carbonyl (C=O) groups excluding carboxylic acids is 1. The van der Waals surface area contributed by atoms with Gasteiger partial charge in [0.1, 0.15) is 0 Å². The average molecular weight is 326 g/mol. The van der Waals surface area contributed by atoms with Crippen molar-refractivity contribution in [1.82, 2.24) is 9.80 Å². The number of aliphatic carboxylic acids is 1. The Bertz CT molecular complexity index is 424. The van der Waals surface area contributed by atoms with Crippen molar-refractivity contribution in [1.29, 1.82) is 0 Å². The van der Waals surface area contributed by atoms with Gasteiger partial charge in [-0.3, -0.25) is 4.79 Å². The number of thioether (sulfide) groups is 1. The van der Waals surface area contributed by atoms with E-state index < -0.39 is 36.6 Å². The smallest absolute Gasteiger partial charge is 0.406 e. The van der Waals surface area contributed by atoms with E-state index in [0.717, 1.165) is 22.8 Å². The van der Waals surface area contributed by atoms with Gasteiger partial charge in [0, 0.05) is 31.9 Å². The number of carbonyl (C=O) groups is 2. The Morgan fingerprint density at radius 3 is 2.38 bits per heavy atom. The van der Waals surface area contributed by atoms with Gasteiger partial charge in [0.05, 0.1) is 0 Å². The first kappa shape index (κ1) is 16.3. The standard InChI is InChI=1S/C12H17F3N2O3S/c13-12(14,15)11(9(18)19)2-4-17(8-11)10(20)16-3-1-6-21-7-5-16/h1-8H2,(H,18,19). The number of halogens is 3. The molecule has 0 aromatic carbocycles. The molecule has 1 N–H and O–H groups in total. The predicted molar refractivity (Wildman–Crippen MR) is 71.2 cm³/mol. The lowest BCUT2D eigenvalue weighted by molar-refractivity contribution is -0.227. The first-order valence-corrected chi connectivity index (χ1v) is 7.85. The maximum Gasteiger partial charge on any atom is 0.406 e. The molecule has 0 radical (unpaired) electrons. The van der Waals surface area contributed by atoms with Crippen LogP contribution in [0.4, 0.5) is 18.0 Å². The molecular formula is C12H17F3N2O3S. The molecule has 9 heteroatoms. The van der Waals surface area contributed by atoms with Gasteiger partial charge in [-0.1, -0.05) is 0 Å². The van der Waals surface area contributed by atoms with Gasteiger partial charge < -0.3 is 14.9 Å². The van der Waals surface area contributed by atoms with Crippen molar-refractivity contribution in [3.63, 3.8) is 0 Å². The molecule has 0 aromatic rings. The highest BCUT2D eigenvalue weighted by atomic mass is 32.2. The summed E-state index contributed by atoms with van der Waals surface area (Å²) >= 11 is 1.70. The van der Waals surface area contributed by atoms with Crippen molar-refractivity contribution in [3.05, 3.63) is 0 Å². The molecule has 2 aliphatic heterocycles. The van der Waals surface area contributed by atoms with Gasteiger partial charge in [0.2, 0.25) is 0 Å². The fourth-order valence-electron chi connectivity index (χ4n) is 2.64. The zero-order chi connectivity index (χ0) is 15.7. The Morgan fingerprint density at radius 2 is 1.81 bits per heavy atom. The third kappa shape index (κ3) is 3.07. The van der Waals surface area contributed by atoms with E-state index in [1.807, 2.05) is 0 Å². The quantitative estimate of drug-likeness (QED) is 0.799. The summed E-state index contributed by atoms with van der Waals surface area (Å²) < 4.78 is 39.2. The highest BCUT2D eigenvalue weighted by molar-refractivity contribution is 7.99. The minimum atomic E-state index is -4.86. The van der Waals surface area contributed by atoms with Crippen LogP contribution in [0.2, 0.25) is 0 Å². The van der Waals surface area contributed by atoms with Gasteiger partial charge in [-0.15, -0.1) is 0 Å². The molecule has 2 rings (SSSR count). The molecule has 0 aromatic heterocycles. The third-order valence-electron chi connectivity index (χ3n) is 3.98. The number of hydrogen-bond acceptors (Lipinski definition) is 3. The van der Waals surface area contributed by atoms with Crippen LogP contribution in [0.1, 0.15) is 12.8 Å². The van der Waals surface area contributed by atoms with E-state index >= 15 is 0 Å². The number of rotatable bonds is 1. The largest absolute Gasteiger partial charge is 0.481 e. The first-order chi connectivity index (χ1) is 9.78. The van der Waals surface area contributed by atoms with Crippen LogP contribution in [-0.2, 0) is 4.79 Å². The Kier molecular flexibility index (Phi) is 4.60. The van der Waals surface area contributed by atoms with Crippen molar-refractivity contribution >= 4 is 23.8 Å². The Labute approximate surface area is 124 Å². The molecule has 0 saturated carbocycles. The summed E-state index contributed by atoms with van der Waals surface area (Å²) in [7, 11) is 0. The zero-order valence-corrected chi connectivity index (χ0v) is 12.2. The Morgan fingerprint density at radius 1 is 1.10 bits per heavy atom. The maximum absolute atomic E-state index is 13.1. The van der Waals surface area contributed by atoms with Crippen molar-refractivity contribution in [2.75, 3.05) is 37.7 Å². The number of urea groups is 1. The minimum Gasteiger partial charge on any atom is -0.481 e.